The minimum Gasteiger partial charge on any atom is -0.299 e. The Balaban J connectivity index is 1.52. The monoisotopic (exact) mass is 435 g/mol. The topological polar surface area (TPSA) is 92.6 Å². The molecule has 3 rings (SSSR count). The third-order valence-corrected chi connectivity index (χ3v) is 7.45. The van der Waals surface area contributed by atoms with Gasteiger partial charge in [-0.3, -0.25) is 15.0 Å². The fraction of sp³-hybridized carbons (Fsp3) is 0.400. The van der Waals surface area contributed by atoms with Crippen LogP contribution in [0.2, 0.25) is 0 Å². The molecule has 0 radical (unpaired) electrons. The van der Waals surface area contributed by atoms with Crippen molar-refractivity contribution in [3.8, 4) is 0 Å². The number of nitrogens with one attached hydrogen (secondary N) is 1. The number of nitro groups is 1. The highest BCUT2D eigenvalue weighted by Crippen LogP contribution is 2.24. The fourth-order valence-electron chi connectivity index (χ4n) is 3.50. The predicted octanol–water partition coefficient (Wildman–Crippen LogP) is 3.51. The van der Waals surface area contributed by atoms with Gasteiger partial charge in [-0.2, -0.15) is 0 Å². The van der Waals surface area contributed by atoms with Gasteiger partial charge in [-0.1, -0.05) is 24.3 Å². The van der Waals surface area contributed by atoms with Crippen molar-refractivity contribution in [3.63, 3.8) is 0 Å². The Morgan fingerprint density at radius 3 is 2.59 bits per heavy atom. The normalized spacial score (nSPS) is 16.0. The second-order valence-corrected chi connectivity index (χ2v) is 9.75. The van der Waals surface area contributed by atoms with Crippen molar-refractivity contribution in [1.82, 2.24) is 9.62 Å². The Morgan fingerprint density at radius 1 is 1.17 bits per heavy atom. The van der Waals surface area contributed by atoms with E-state index in [4.69, 9.17) is 0 Å². The molecule has 1 saturated heterocycles. The summed E-state index contributed by atoms with van der Waals surface area (Å²) in [6.07, 6.45) is 3.91. The number of likely N-dealkylation sites (tertiary alicyclic amines) is 1. The average molecular weight is 436 g/mol. The second-order valence-electron chi connectivity index (χ2n) is 7.14. The fourth-order valence-corrected chi connectivity index (χ4v) is 5.26. The zero-order valence-corrected chi connectivity index (χ0v) is 17.9. The van der Waals surface area contributed by atoms with Crippen molar-refractivity contribution in [2.24, 2.45) is 5.92 Å². The molecule has 7 nitrogen and oxygen atoms in total. The van der Waals surface area contributed by atoms with E-state index in [1.54, 1.807) is 11.8 Å². The van der Waals surface area contributed by atoms with Crippen LogP contribution in [-0.4, -0.2) is 44.1 Å². The molecule has 0 aromatic heterocycles. The van der Waals surface area contributed by atoms with Crippen LogP contribution in [0.25, 0.3) is 0 Å². The van der Waals surface area contributed by atoms with Crippen LogP contribution < -0.4 is 4.72 Å². The zero-order chi connectivity index (χ0) is 20.9. The number of rotatable bonds is 8. The minimum atomic E-state index is -3.76. The van der Waals surface area contributed by atoms with E-state index >= 15 is 0 Å². The van der Waals surface area contributed by atoms with Crippen molar-refractivity contribution >= 4 is 27.5 Å². The van der Waals surface area contributed by atoms with E-state index in [0.717, 1.165) is 38.5 Å². The summed E-state index contributed by atoms with van der Waals surface area (Å²) in [6.45, 7) is 3.10. The summed E-state index contributed by atoms with van der Waals surface area (Å²) in [5.41, 5.74) is 1.09. The van der Waals surface area contributed by atoms with Gasteiger partial charge in [0.1, 0.15) is 0 Å². The molecule has 156 valence electrons. The molecule has 1 aliphatic heterocycles. The predicted molar refractivity (Wildman–Crippen MR) is 115 cm³/mol. The van der Waals surface area contributed by atoms with Gasteiger partial charge < -0.3 is 0 Å². The molecule has 9 heteroatoms. The maximum atomic E-state index is 12.5. The first kappa shape index (κ1) is 21.8. The van der Waals surface area contributed by atoms with Gasteiger partial charge in [-0.15, -0.1) is 11.8 Å². The summed E-state index contributed by atoms with van der Waals surface area (Å²) in [4.78, 5) is 13.9. The van der Waals surface area contributed by atoms with E-state index in [1.807, 2.05) is 0 Å². The SMILES string of the molecule is CSc1ccccc1CN1CCC(CNS(=O)(=O)c2cccc([N+](=O)[O-])c2)CC1. The van der Waals surface area contributed by atoms with E-state index in [-0.39, 0.29) is 16.5 Å². The molecule has 2 aromatic carbocycles. The molecular weight excluding hydrogens is 410 g/mol. The van der Waals surface area contributed by atoms with Crippen molar-refractivity contribution in [1.29, 1.82) is 0 Å². The van der Waals surface area contributed by atoms with Crippen molar-refractivity contribution in [2.45, 2.75) is 29.2 Å². The van der Waals surface area contributed by atoms with E-state index in [0.29, 0.717) is 6.54 Å². The summed E-state index contributed by atoms with van der Waals surface area (Å²) >= 11 is 1.75. The van der Waals surface area contributed by atoms with Crippen LogP contribution in [0.1, 0.15) is 18.4 Å². The first-order valence-corrected chi connectivity index (χ1v) is 12.2. The number of non-ortho nitro benzene ring substituents is 1. The Kier molecular flexibility index (Phi) is 7.28. The van der Waals surface area contributed by atoms with Gasteiger partial charge in [0.15, 0.2) is 0 Å². The summed E-state index contributed by atoms with van der Waals surface area (Å²) in [5.74, 6) is 0.260. The van der Waals surface area contributed by atoms with Crippen LogP contribution in [-0.2, 0) is 16.6 Å². The van der Waals surface area contributed by atoms with Crippen LogP contribution in [0.4, 0.5) is 5.69 Å². The molecule has 0 atom stereocenters. The molecule has 1 N–H and O–H groups in total. The van der Waals surface area contributed by atoms with Gasteiger partial charge in [-0.05, 0) is 55.8 Å². The lowest BCUT2D eigenvalue weighted by Crippen LogP contribution is -2.38. The molecule has 29 heavy (non-hydrogen) atoms. The largest absolute Gasteiger partial charge is 0.299 e. The highest BCUT2D eigenvalue weighted by atomic mass is 32.2. The number of nitrogens with zero attached hydrogens (tertiary/aromatic N) is 2. The highest BCUT2D eigenvalue weighted by Gasteiger charge is 2.23. The van der Waals surface area contributed by atoms with Gasteiger partial charge in [0, 0.05) is 30.1 Å². The van der Waals surface area contributed by atoms with Gasteiger partial charge in [0.05, 0.1) is 9.82 Å². The first-order chi connectivity index (χ1) is 13.9. The average Bonchev–Trinajstić information content (AvgIpc) is 2.74. The molecule has 0 bridgehead atoms. The first-order valence-electron chi connectivity index (χ1n) is 9.47. The summed E-state index contributed by atoms with van der Waals surface area (Å²) in [7, 11) is -3.76. The minimum absolute atomic E-state index is 0.0715. The Morgan fingerprint density at radius 2 is 1.90 bits per heavy atom. The number of hydrogen-bond donors (Lipinski definition) is 1. The molecular formula is C20H25N3O4S2. The van der Waals surface area contributed by atoms with Gasteiger partial charge in [-0.25, -0.2) is 13.1 Å². The lowest BCUT2D eigenvalue weighted by atomic mass is 9.97. The molecule has 2 aromatic rings. The Hall–Kier alpha value is -1.94. The van der Waals surface area contributed by atoms with Crippen LogP contribution >= 0.6 is 11.8 Å². The van der Waals surface area contributed by atoms with E-state index in [2.05, 4.69) is 40.1 Å². The lowest BCUT2D eigenvalue weighted by Gasteiger charge is -2.32. The molecule has 0 saturated carbocycles. The van der Waals surface area contributed by atoms with Crippen LogP contribution in [0.5, 0.6) is 0 Å². The Labute approximate surface area is 175 Å². The van der Waals surface area contributed by atoms with Crippen LogP contribution in [0, 0.1) is 16.0 Å². The molecule has 0 unspecified atom stereocenters. The van der Waals surface area contributed by atoms with E-state index in [9.17, 15) is 18.5 Å². The second kappa shape index (κ2) is 9.71. The number of nitro benzene ring substituents is 1. The van der Waals surface area contributed by atoms with Crippen LogP contribution in [0.15, 0.2) is 58.3 Å². The number of benzene rings is 2. The standard InChI is InChI=1S/C20H25N3O4S2/c1-28-20-8-3-2-5-17(20)15-22-11-9-16(10-12-22)14-21-29(26,27)19-7-4-6-18(13-19)23(24)25/h2-8,13,16,21H,9-12,14-15H2,1H3. The third-order valence-electron chi connectivity index (χ3n) is 5.19. The zero-order valence-electron chi connectivity index (χ0n) is 16.3. The summed E-state index contributed by atoms with van der Waals surface area (Å²) in [6, 6.07) is 13.5. The van der Waals surface area contributed by atoms with Gasteiger partial charge in [0.25, 0.3) is 5.69 Å². The molecule has 1 fully saturated rings. The van der Waals surface area contributed by atoms with Crippen molar-refractivity contribution in [2.75, 3.05) is 25.9 Å². The van der Waals surface area contributed by atoms with Crippen molar-refractivity contribution < 1.29 is 13.3 Å². The highest BCUT2D eigenvalue weighted by molar-refractivity contribution is 7.98. The molecule has 0 aliphatic carbocycles. The van der Waals surface area contributed by atoms with E-state index < -0.39 is 14.9 Å². The lowest BCUT2D eigenvalue weighted by molar-refractivity contribution is -0.385. The Bertz CT molecular complexity index is 958. The van der Waals surface area contributed by atoms with Gasteiger partial charge >= 0.3 is 0 Å². The summed E-state index contributed by atoms with van der Waals surface area (Å²) < 4.78 is 27.6. The van der Waals surface area contributed by atoms with Crippen molar-refractivity contribution in [3.05, 3.63) is 64.2 Å². The van der Waals surface area contributed by atoms with E-state index in [1.165, 1.54) is 28.7 Å². The smallest absolute Gasteiger partial charge is 0.270 e. The maximum Gasteiger partial charge on any atom is 0.270 e. The number of piperidine rings is 1. The molecule has 0 amide bonds. The van der Waals surface area contributed by atoms with Crippen LogP contribution in [0.3, 0.4) is 0 Å². The van der Waals surface area contributed by atoms with Gasteiger partial charge in [0.2, 0.25) is 10.0 Å². The number of thioether (sulfide) groups is 1. The molecule has 0 spiro atoms. The number of sulfonamides is 1. The molecule has 1 aliphatic rings. The summed E-state index contributed by atoms with van der Waals surface area (Å²) in [5, 5.41) is 10.9. The maximum absolute atomic E-state index is 12.5. The third kappa shape index (κ3) is 5.79. The number of hydrogen-bond acceptors (Lipinski definition) is 6. The quantitative estimate of drug-likeness (QED) is 0.388. The molecule has 1 heterocycles.